The van der Waals surface area contributed by atoms with Gasteiger partial charge in [-0.15, -0.1) is 0 Å². The summed E-state index contributed by atoms with van der Waals surface area (Å²) < 4.78 is 0. The maximum Gasteiger partial charge on any atom is 0.0468 e. The number of nitrogens with zero attached hydrogens (tertiary/aromatic N) is 1. The SMILES string of the molecule is CCNC(Cc1ccncc1)c1ccc(Cl)cc1Cl. The summed E-state index contributed by atoms with van der Waals surface area (Å²) in [5.74, 6) is 0. The second-order valence-corrected chi connectivity index (χ2v) is 5.18. The summed E-state index contributed by atoms with van der Waals surface area (Å²) >= 11 is 12.2. The molecule has 1 unspecified atom stereocenters. The number of benzene rings is 1. The third-order valence-corrected chi connectivity index (χ3v) is 3.54. The summed E-state index contributed by atoms with van der Waals surface area (Å²) in [6.07, 6.45) is 4.49. The Morgan fingerprint density at radius 3 is 2.53 bits per heavy atom. The van der Waals surface area contributed by atoms with E-state index >= 15 is 0 Å². The molecule has 0 aliphatic heterocycles. The van der Waals surface area contributed by atoms with Gasteiger partial charge in [0.15, 0.2) is 0 Å². The summed E-state index contributed by atoms with van der Waals surface area (Å²) in [6, 6.07) is 9.87. The van der Waals surface area contributed by atoms with Gasteiger partial charge in [0, 0.05) is 28.5 Å². The lowest BCUT2D eigenvalue weighted by Gasteiger charge is -2.20. The van der Waals surface area contributed by atoms with E-state index in [-0.39, 0.29) is 6.04 Å². The van der Waals surface area contributed by atoms with Crippen molar-refractivity contribution in [2.45, 2.75) is 19.4 Å². The first-order chi connectivity index (χ1) is 9.20. The monoisotopic (exact) mass is 294 g/mol. The number of rotatable bonds is 5. The highest BCUT2D eigenvalue weighted by Gasteiger charge is 2.14. The van der Waals surface area contributed by atoms with Gasteiger partial charge in [-0.05, 0) is 48.4 Å². The van der Waals surface area contributed by atoms with Crippen LogP contribution >= 0.6 is 23.2 Å². The molecule has 2 rings (SSSR count). The molecular formula is C15H16Cl2N2. The Labute approximate surface area is 123 Å². The molecule has 0 aliphatic carbocycles. The number of pyridine rings is 1. The average molecular weight is 295 g/mol. The molecule has 0 spiro atoms. The van der Waals surface area contributed by atoms with Crippen molar-refractivity contribution in [1.82, 2.24) is 10.3 Å². The molecule has 0 saturated heterocycles. The first-order valence-corrected chi connectivity index (χ1v) is 7.03. The van der Waals surface area contributed by atoms with Crippen LogP contribution in [-0.2, 0) is 6.42 Å². The van der Waals surface area contributed by atoms with Gasteiger partial charge in [-0.2, -0.15) is 0 Å². The Morgan fingerprint density at radius 1 is 1.16 bits per heavy atom. The van der Waals surface area contributed by atoms with E-state index in [1.807, 2.05) is 36.7 Å². The lowest BCUT2D eigenvalue weighted by molar-refractivity contribution is 0.550. The maximum absolute atomic E-state index is 6.29. The smallest absolute Gasteiger partial charge is 0.0468 e. The van der Waals surface area contributed by atoms with Crippen LogP contribution < -0.4 is 5.32 Å². The van der Waals surface area contributed by atoms with Gasteiger partial charge in [-0.1, -0.05) is 36.2 Å². The highest BCUT2D eigenvalue weighted by Crippen LogP contribution is 2.28. The third kappa shape index (κ3) is 3.93. The van der Waals surface area contributed by atoms with Gasteiger partial charge in [-0.3, -0.25) is 4.98 Å². The molecule has 1 aromatic carbocycles. The molecule has 2 aromatic rings. The molecule has 0 fully saturated rings. The number of halogens is 2. The fourth-order valence-corrected chi connectivity index (χ4v) is 2.62. The molecule has 0 aliphatic rings. The van der Waals surface area contributed by atoms with Gasteiger partial charge in [0.25, 0.3) is 0 Å². The first kappa shape index (κ1) is 14.3. The van der Waals surface area contributed by atoms with Crippen molar-refractivity contribution in [3.8, 4) is 0 Å². The summed E-state index contributed by atoms with van der Waals surface area (Å²) in [5, 5.41) is 4.82. The van der Waals surface area contributed by atoms with Crippen molar-refractivity contribution in [2.75, 3.05) is 6.54 Å². The fourth-order valence-electron chi connectivity index (χ4n) is 2.08. The zero-order chi connectivity index (χ0) is 13.7. The largest absolute Gasteiger partial charge is 0.310 e. The zero-order valence-corrected chi connectivity index (χ0v) is 12.2. The van der Waals surface area contributed by atoms with Gasteiger partial charge < -0.3 is 5.32 Å². The molecule has 0 amide bonds. The van der Waals surface area contributed by atoms with E-state index in [1.54, 1.807) is 6.07 Å². The molecule has 0 radical (unpaired) electrons. The topological polar surface area (TPSA) is 24.9 Å². The molecule has 1 N–H and O–H groups in total. The maximum atomic E-state index is 6.29. The predicted octanol–water partition coefficient (Wildman–Crippen LogP) is 4.28. The van der Waals surface area contributed by atoms with Crippen LogP contribution in [0.15, 0.2) is 42.7 Å². The van der Waals surface area contributed by atoms with Gasteiger partial charge in [-0.25, -0.2) is 0 Å². The molecule has 1 heterocycles. The summed E-state index contributed by atoms with van der Waals surface area (Å²) in [7, 11) is 0. The Balaban J connectivity index is 2.24. The Bertz CT molecular complexity index is 529. The fraction of sp³-hybridized carbons (Fsp3) is 0.267. The summed E-state index contributed by atoms with van der Waals surface area (Å²) in [5.41, 5.74) is 2.30. The number of likely N-dealkylation sites (N-methyl/N-ethyl adjacent to an activating group) is 1. The van der Waals surface area contributed by atoms with E-state index in [4.69, 9.17) is 23.2 Å². The Morgan fingerprint density at radius 2 is 1.89 bits per heavy atom. The molecule has 1 atom stereocenters. The van der Waals surface area contributed by atoms with Crippen LogP contribution in [0.3, 0.4) is 0 Å². The minimum Gasteiger partial charge on any atom is -0.310 e. The number of hydrogen-bond acceptors (Lipinski definition) is 2. The van der Waals surface area contributed by atoms with Crippen molar-refractivity contribution >= 4 is 23.2 Å². The van der Waals surface area contributed by atoms with Gasteiger partial charge in [0.2, 0.25) is 0 Å². The Hall–Kier alpha value is -1.09. The molecular weight excluding hydrogens is 279 g/mol. The molecule has 19 heavy (non-hydrogen) atoms. The normalized spacial score (nSPS) is 12.4. The summed E-state index contributed by atoms with van der Waals surface area (Å²) in [6.45, 7) is 2.97. The molecule has 100 valence electrons. The minimum absolute atomic E-state index is 0.178. The highest BCUT2D eigenvalue weighted by atomic mass is 35.5. The van der Waals surface area contributed by atoms with E-state index in [0.717, 1.165) is 18.5 Å². The quantitative estimate of drug-likeness (QED) is 0.890. The van der Waals surface area contributed by atoms with Crippen LogP contribution in [0.4, 0.5) is 0 Å². The van der Waals surface area contributed by atoms with Crippen LogP contribution in [0.25, 0.3) is 0 Å². The molecule has 0 bridgehead atoms. The lowest BCUT2D eigenvalue weighted by Crippen LogP contribution is -2.23. The van der Waals surface area contributed by atoms with E-state index in [0.29, 0.717) is 10.0 Å². The van der Waals surface area contributed by atoms with E-state index in [9.17, 15) is 0 Å². The van der Waals surface area contributed by atoms with Crippen molar-refractivity contribution in [1.29, 1.82) is 0 Å². The zero-order valence-electron chi connectivity index (χ0n) is 10.7. The van der Waals surface area contributed by atoms with Gasteiger partial charge >= 0.3 is 0 Å². The lowest BCUT2D eigenvalue weighted by atomic mass is 9.99. The van der Waals surface area contributed by atoms with Crippen LogP contribution in [-0.4, -0.2) is 11.5 Å². The predicted molar refractivity (Wildman–Crippen MR) is 80.8 cm³/mol. The standard InChI is InChI=1S/C15H16Cl2N2/c1-2-19-15(9-11-5-7-18-8-6-11)13-4-3-12(16)10-14(13)17/h3-8,10,15,19H,2,9H2,1H3. The van der Waals surface area contributed by atoms with E-state index in [2.05, 4.69) is 17.2 Å². The van der Waals surface area contributed by atoms with Crippen molar-refractivity contribution in [3.05, 3.63) is 63.9 Å². The number of hydrogen-bond donors (Lipinski definition) is 1. The van der Waals surface area contributed by atoms with Crippen LogP contribution in [0.1, 0.15) is 24.1 Å². The molecule has 1 aromatic heterocycles. The minimum atomic E-state index is 0.178. The van der Waals surface area contributed by atoms with Crippen LogP contribution in [0.2, 0.25) is 10.0 Å². The highest BCUT2D eigenvalue weighted by molar-refractivity contribution is 6.35. The second kappa shape index (κ2) is 6.90. The molecule has 2 nitrogen and oxygen atoms in total. The van der Waals surface area contributed by atoms with Crippen molar-refractivity contribution in [2.24, 2.45) is 0 Å². The van der Waals surface area contributed by atoms with Gasteiger partial charge in [0.05, 0.1) is 0 Å². The Kier molecular flexibility index (Phi) is 5.20. The second-order valence-electron chi connectivity index (χ2n) is 4.34. The van der Waals surface area contributed by atoms with E-state index in [1.165, 1.54) is 5.56 Å². The summed E-state index contributed by atoms with van der Waals surface area (Å²) in [4.78, 5) is 4.04. The van der Waals surface area contributed by atoms with Crippen molar-refractivity contribution < 1.29 is 0 Å². The van der Waals surface area contributed by atoms with Gasteiger partial charge in [0.1, 0.15) is 0 Å². The third-order valence-electron chi connectivity index (χ3n) is 2.98. The average Bonchev–Trinajstić information content (AvgIpc) is 2.39. The van der Waals surface area contributed by atoms with Crippen molar-refractivity contribution in [3.63, 3.8) is 0 Å². The van der Waals surface area contributed by atoms with Crippen LogP contribution in [0.5, 0.6) is 0 Å². The first-order valence-electron chi connectivity index (χ1n) is 6.28. The van der Waals surface area contributed by atoms with Crippen LogP contribution in [0, 0.1) is 0 Å². The number of nitrogens with one attached hydrogen (secondary N) is 1. The molecule has 4 heteroatoms. The molecule has 0 saturated carbocycles. The van der Waals surface area contributed by atoms with E-state index < -0.39 is 0 Å². The number of aromatic nitrogens is 1.